The summed E-state index contributed by atoms with van der Waals surface area (Å²) in [5, 5.41) is 4.60. The molecule has 0 saturated carbocycles. The second kappa shape index (κ2) is 6.59. The number of halogens is 2. The van der Waals surface area contributed by atoms with Crippen LogP contribution in [0.1, 0.15) is 0 Å². The number of amidine groups is 1. The molecular formula is C14H12ClFN2S. The highest BCUT2D eigenvalue weighted by molar-refractivity contribution is 8.13. The molecule has 0 spiro atoms. The summed E-state index contributed by atoms with van der Waals surface area (Å²) in [5.74, 6) is -0.268. The molecule has 2 aromatic rings. The Morgan fingerprint density at radius 3 is 2.32 bits per heavy atom. The van der Waals surface area contributed by atoms with Crippen molar-refractivity contribution in [2.75, 3.05) is 11.6 Å². The Hall–Kier alpha value is -1.52. The van der Waals surface area contributed by atoms with Crippen molar-refractivity contribution in [1.82, 2.24) is 0 Å². The zero-order chi connectivity index (χ0) is 13.7. The van der Waals surface area contributed by atoms with E-state index in [9.17, 15) is 4.39 Å². The molecule has 0 atom stereocenters. The fraction of sp³-hybridized carbons (Fsp3) is 0.0714. The van der Waals surface area contributed by atoms with Crippen molar-refractivity contribution in [3.8, 4) is 0 Å². The number of nitrogens with one attached hydrogen (secondary N) is 1. The molecule has 0 fully saturated rings. The van der Waals surface area contributed by atoms with Gasteiger partial charge in [0.15, 0.2) is 5.17 Å². The molecule has 2 rings (SSSR count). The molecule has 0 aromatic heterocycles. The second-order valence-electron chi connectivity index (χ2n) is 3.73. The first kappa shape index (κ1) is 13.9. The Morgan fingerprint density at radius 1 is 1.11 bits per heavy atom. The van der Waals surface area contributed by atoms with Crippen LogP contribution in [0.3, 0.4) is 0 Å². The zero-order valence-corrected chi connectivity index (χ0v) is 11.8. The predicted molar refractivity (Wildman–Crippen MR) is 82.1 cm³/mol. The maximum Gasteiger partial charge on any atom is 0.165 e. The molecule has 0 saturated heterocycles. The number of anilines is 1. The van der Waals surface area contributed by atoms with Crippen LogP contribution >= 0.6 is 23.4 Å². The van der Waals surface area contributed by atoms with Crippen molar-refractivity contribution >= 4 is 39.9 Å². The van der Waals surface area contributed by atoms with Crippen molar-refractivity contribution in [2.45, 2.75) is 0 Å². The summed E-state index contributed by atoms with van der Waals surface area (Å²) >= 11 is 7.31. The summed E-state index contributed by atoms with van der Waals surface area (Å²) in [6.07, 6.45) is 1.92. The standard InChI is InChI=1S/C14H12ClFN2S/c1-19-14(17-12-6-2-10(15)3-7-12)18-13-8-4-11(16)5-9-13/h2-9H,1H3,(H,17,18). The van der Waals surface area contributed by atoms with E-state index in [0.717, 1.165) is 10.9 Å². The van der Waals surface area contributed by atoms with E-state index in [4.69, 9.17) is 11.6 Å². The van der Waals surface area contributed by atoms with Crippen molar-refractivity contribution in [1.29, 1.82) is 0 Å². The first-order valence-electron chi connectivity index (χ1n) is 5.58. The maximum atomic E-state index is 12.8. The van der Waals surface area contributed by atoms with Crippen LogP contribution < -0.4 is 5.32 Å². The minimum absolute atomic E-state index is 0.268. The van der Waals surface area contributed by atoms with Crippen LogP contribution in [0, 0.1) is 5.82 Å². The molecule has 1 N–H and O–H groups in total. The van der Waals surface area contributed by atoms with Crippen LogP contribution in [0.25, 0.3) is 0 Å². The highest BCUT2D eigenvalue weighted by Crippen LogP contribution is 2.18. The summed E-state index contributed by atoms with van der Waals surface area (Å²) in [6, 6.07) is 13.4. The molecule has 0 radical (unpaired) electrons. The molecular weight excluding hydrogens is 283 g/mol. The van der Waals surface area contributed by atoms with E-state index in [1.54, 1.807) is 24.3 Å². The highest BCUT2D eigenvalue weighted by atomic mass is 35.5. The molecule has 19 heavy (non-hydrogen) atoms. The Labute approximate surface area is 120 Å². The fourth-order valence-corrected chi connectivity index (χ4v) is 1.96. The summed E-state index contributed by atoms with van der Waals surface area (Å²) < 4.78 is 12.8. The maximum absolute atomic E-state index is 12.8. The van der Waals surface area contributed by atoms with Gasteiger partial charge in [-0.1, -0.05) is 23.4 Å². The van der Waals surface area contributed by atoms with Crippen molar-refractivity contribution in [3.63, 3.8) is 0 Å². The first-order valence-corrected chi connectivity index (χ1v) is 7.18. The number of thioether (sulfide) groups is 1. The van der Waals surface area contributed by atoms with Gasteiger partial charge in [0.25, 0.3) is 0 Å². The lowest BCUT2D eigenvalue weighted by Crippen LogP contribution is -2.06. The lowest BCUT2D eigenvalue weighted by atomic mass is 10.3. The van der Waals surface area contributed by atoms with Gasteiger partial charge in [-0.05, 0) is 54.8 Å². The predicted octanol–water partition coefficient (Wildman–Crippen LogP) is 4.94. The van der Waals surface area contributed by atoms with Crippen LogP contribution in [-0.4, -0.2) is 11.4 Å². The lowest BCUT2D eigenvalue weighted by Gasteiger charge is -2.07. The van der Waals surface area contributed by atoms with Crippen LogP contribution in [0.2, 0.25) is 5.02 Å². The largest absolute Gasteiger partial charge is 0.335 e. The van der Waals surface area contributed by atoms with Gasteiger partial charge in [-0.2, -0.15) is 0 Å². The minimum atomic E-state index is -0.268. The summed E-state index contributed by atoms with van der Waals surface area (Å²) in [7, 11) is 0. The summed E-state index contributed by atoms with van der Waals surface area (Å²) in [4.78, 5) is 4.40. The van der Waals surface area contributed by atoms with E-state index in [0.29, 0.717) is 10.7 Å². The van der Waals surface area contributed by atoms with Crippen molar-refractivity contribution < 1.29 is 4.39 Å². The molecule has 0 unspecified atom stereocenters. The Bertz CT molecular complexity index is 567. The average Bonchev–Trinajstić information content (AvgIpc) is 2.43. The molecule has 98 valence electrons. The van der Waals surface area contributed by atoms with Gasteiger partial charge in [-0.15, -0.1) is 0 Å². The number of hydrogen-bond donors (Lipinski definition) is 1. The second-order valence-corrected chi connectivity index (χ2v) is 4.96. The smallest absolute Gasteiger partial charge is 0.165 e. The van der Waals surface area contributed by atoms with E-state index in [1.165, 1.54) is 23.9 Å². The van der Waals surface area contributed by atoms with Gasteiger partial charge in [0.1, 0.15) is 5.82 Å². The lowest BCUT2D eigenvalue weighted by molar-refractivity contribution is 0.628. The van der Waals surface area contributed by atoms with E-state index in [1.807, 2.05) is 18.4 Å². The number of rotatable bonds is 2. The van der Waals surface area contributed by atoms with Crippen LogP contribution in [0.4, 0.5) is 15.8 Å². The van der Waals surface area contributed by atoms with E-state index in [-0.39, 0.29) is 5.82 Å². The third-order valence-corrected chi connectivity index (χ3v) is 3.18. The van der Waals surface area contributed by atoms with Crippen LogP contribution in [0.5, 0.6) is 0 Å². The number of benzene rings is 2. The molecule has 5 heteroatoms. The number of nitrogens with zero attached hydrogens (tertiary/aromatic N) is 1. The van der Waals surface area contributed by atoms with Gasteiger partial charge < -0.3 is 5.32 Å². The van der Waals surface area contributed by atoms with Gasteiger partial charge in [-0.25, -0.2) is 9.38 Å². The zero-order valence-electron chi connectivity index (χ0n) is 10.2. The van der Waals surface area contributed by atoms with Gasteiger partial charge in [0.05, 0.1) is 5.69 Å². The van der Waals surface area contributed by atoms with Crippen LogP contribution in [-0.2, 0) is 0 Å². The SMILES string of the molecule is CSC(=Nc1ccc(F)cc1)Nc1ccc(Cl)cc1. The molecule has 0 aliphatic carbocycles. The fourth-order valence-electron chi connectivity index (χ4n) is 1.41. The first-order chi connectivity index (χ1) is 9.17. The van der Waals surface area contributed by atoms with E-state index in [2.05, 4.69) is 10.3 Å². The van der Waals surface area contributed by atoms with Gasteiger partial charge >= 0.3 is 0 Å². The van der Waals surface area contributed by atoms with E-state index < -0.39 is 0 Å². The highest BCUT2D eigenvalue weighted by Gasteiger charge is 2.00. The normalized spacial score (nSPS) is 11.4. The number of aliphatic imine (C=N–C) groups is 1. The van der Waals surface area contributed by atoms with Crippen LogP contribution in [0.15, 0.2) is 53.5 Å². The molecule has 0 heterocycles. The van der Waals surface area contributed by atoms with Gasteiger partial charge in [0.2, 0.25) is 0 Å². The monoisotopic (exact) mass is 294 g/mol. The third-order valence-electron chi connectivity index (χ3n) is 2.35. The summed E-state index contributed by atoms with van der Waals surface area (Å²) in [6.45, 7) is 0. The quantitative estimate of drug-likeness (QED) is 0.626. The molecule has 0 bridgehead atoms. The summed E-state index contributed by atoms with van der Waals surface area (Å²) in [5.41, 5.74) is 1.60. The Balaban J connectivity index is 2.15. The average molecular weight is 295 g/mol. The molecule has 0 amide bonds. The third kappa shape index (κ3) is 4.26. The van der Waals surface area contributed by atoms with E-state index >= 15 is 0 Å². The molecule has 2 nitrogen and oxygen atoms in total. The Kier molecular flexibility index (Phi) is 4.82. The molecule has 0 aliphatic rings. The minimum Gasteiger partial charge on any atom is -0.335 e. The molecule has 2 aromatic carbocycles. The van der Waals surface area contributed by atoms with Gasteiger partial charge in [0, 0.05) is 10.7 Å². The molecule has 0 aliphatic heterocycles. The topological polar surface area (TPSA) is 24.4 Å². The van der Waals surface area contributed by atoms with Crippen molar-refractivity contribution in [3.05, 3.63) is 59.4 Å². The number of hydrogen-bond acceptors (Lipinski definition) is 2. The van der Waals surface area contributed by atoms with Crippen molar-refractivity contribution in [2.24, 2.45) is 4.99 Å². The van der Waals surface area contributed by atoms with Gasteiger partial charge in [-0.3, -0.25) is 0 Å². The Morgan fingerprint density at radius 2 is 1.74 bits per heavy atom.